The maximum absolute atomic E-state index is 11.8. The molecule has 4 nitrogen and oxygen atoms in total. The van der Waals surface area contributed by atoms with Crippen molar-refractivity contribution in [2.24, 2.45) is 0 Å². The van der Waals surface area contributed by atoms with E-state index >= 15 is 0 Å². The van der Waals surface area contributed by atoms with Crippen molar-refractivity contribution in [1.82, 2.24) is 9.78 Å². The number of hydrogen-bond donors (Lipinski definition) is 0. The van der Waals surface area contributed by atoms with E-state index in [9.17, 15) is 4.79 Å². The molecule has 0 unspecified atom stereocenters. The van der Waals surface area contributed by atoms with Crippen molar-refractivity contribution < 1.29 is 4.79 Å². The van der Waals surface area contributed by atoms with Gasteiger partial charge in [0.1, 0.15) is 12.6 Å². The highest BCUT2D eigenvalue weighted by Gasteiger charge is 2.07. The number of thioether (sulfide) groups is 1. The third-order valence-corrected chi connectivity index (χ3v) is 3.17. The molecule has 1 aromatic carbocycles. The number of carbonyl (C=O) groups excluding carboxylic acids is 1. The number of nitrogens with zero attached hydrogens (tertiary/aromatic N) is 3. The van der Waals surface area contributed by atoms with Crippen LogP contribution in [0.4, 0.5) is 0 Å². The lowest BCUT2D eigenvalue weighted by atomic mass is 10.2. The minimum absolute atomic E-state index is 0.00792. The second-order valence-electron chi connectivity index (χ2n) is 3.83. The van der Waals surface area contributed by atoms with Crippen LogP contribution in [0.25, 0.3) is 0 Å². The Balaban J connectivity index is 1.96. The van der Waals surface area contributed by atoms with Crippen LogP contribution in [-0.2, 0) is 11.3 Å². The summed E-state index contributed by atoms with van der Waals surface area (Å²) in [4.78, 5) is 12.7. The van der Waals surface area contributed by atoms with Gasteiger partial charge in [0.05, 0.1) is 11.8 Å². The van der Waals surface area contributed by atoms with Gasteiger partial charge in [0, 0.05) is 11.1 Å². The van der Waals surface area contributed by atoms with Gasteiger partial charge in [0.2, 0.25) is 5.12 Å². The minimum Gasteiger partial charge on any atom is -0.285 e. The van der Waals surface area contributed by atoms with Crippen molar-refractivity contribution in [2.45, 2.75) is 18.4 Å². The summed E-state index contributed by atoms with van der Waals surface area (Å²) in [6.45, 7) is 2.17. The number of carbonyl (C=O) groups is 1. The van der Waals surface area contributed by atoms with Crippen LogP contribution in [0.1, 0.15) is 11.1 Å². The topological polar surface area (TPSA) is 58.7 Å². The molecule has 0 aliphatic carbocycles. The van der Waals surface area contributed by atoms with Crippen molar-refractivity contribution >= 4 is 16.9 Å². The van der Waals surface area contributed by atoms with Crippen molar-refractivity contribution in [1.29, 1.82) is 5.26 Å². The Hall–Kier alpha value is -2.06. The van der Waals surface area contributed by atoms with E-state index in [0.29, 0.717) is 5.56 Å². The number of benzene rings is 1. The molecule has 0 aliphatic heterocycles. The van der Waals surface area contributed by atoms with Gasteiger partial charge in [-0.3, -0.25) is 9.48 Å². The Morgan fingerprint density at radius 2 is 2.17 bits per heavy atom. The molecule has 0 aliphatic rings. The first-order valence-electron chi connectivity index (χ1n) is 5.37. The normalized spacial score (nSPS) is 10.0. The number of rotatable bonds is 3. The van der Waals surface area contributed by atoms with Gasteiger partial charge in [-0.1, -0.05) is 17.7 Å². The summed E-state index contributed by atoms with van der Waals surface area (Å²) >= 11 is 1.18. The Labute approximate surface area is 109 Å². The molecule has 18 heavy (non-hydrogen) atoms. The molecule has 0 amide bonds. The highest BCUT2D eigenvalue weighted by atomic mass is 32.2. The highest BCUT2D eigenvalue weighted by molar-refractivity contribution is 8.13. The molecule has 90 valence electrons. The molecule has 1 aromatic heterocycles. The minimum atomic E-state index is -0.00792. The van der Waals surface area contributed by atoms with E-state index < -0.39 is 0 Å². The molecule has 0 spiro atoms. The fourth-order valence-electron chi connectivity index (χ4n) is 1.41. The maximum Gasteiger partial charge on any atom is 0.215 e. The Morgan fingerprint density at radius 1 is 1.44 bits per heavy atom. The van der Waals surface area contributed by atoms with E-state index in [1.807, 2.05) is 37.3 Å². The first kappa shape index (κ1) is 12.4. The number of hydrogen-bond acceptors (Lipinski definition) is 4. The van der Waals surface area contributed by atoms with E-state index in [1.54, 1.807) is 6.20 Å². The van der Waals surface area contributed by atoms with Gasteiger partial charge >= 0.3 is 0 Å². The van der Waals surface area contributed by atoms with Crippen molar-refractivity contribution in [3.8, 4) is 6.07 Å². The zero-order valence-electron chi connectivity index (χ0n) is 9.83. The van der Waals surface area contributed by atoms with Gasteiger partial charge in [-0.2, -0.15) is 10.4 Å². The first-order valence-corrected chi connectivity index (χ1v) is 6.19. The van der Waals surface area contributed by atoms with E-state index in [1.165, 1.54) is 22.6 Å². The summed E-state index contributed by atoms with van der Waals surface area (Å²) in [6.07, 6.45) is 3.01. The largest absolute Gasteiger partial charge is 0.285 e. The highest BCUT2D eigenvalue weighted by Crippen LogP contribution is 2.19. The van der Waals surface area contributed by atoms with E-state index in [-0.39, 0.29) is 11.7 Å². The van der Waals surface area contributed by atoms with Crippen LogP contribution in [0.15, 0.2) is 41.6 Å². The van der Waals surface area contributed by atoms with Crippen LogP contribution < -0.4 is 0 Å². The quantitative estimate of drug-likeness (QED) is 0.792. The number of nitriles is 1. The van der Waals surface area contributed by atoms with Gasteiger partial charge in [-0.15, -0.1) is 0 Å². The third kappa shape index (κ3) is 3.22. The van der Waals surface area contributed by atoms with Crippen molar-refractivity contribution in [3.05, 3.63) is 47.8 Å². The summed E-state index contributed by atoms with van der Waals surface area (Å²) in [7, 11) is 0. The summed E-state index contributed by atoms with van der Waals surface area (Å²) in [5.41, 5.74) is 1.63. The van der Waals surface area contributed by atoms with E-state index in [0.717, 1.165) is 10.5 Å². The van der Waals surface area contributed by atoms with Crippen LogP contribution in [0.3, 0.4) is 0 Å². The lowest BCUT2D eigenvalue weighted by molar-refractivity contribution is -0.111. The second kappa shape index (κ2) is 5.52. The average molecular weight is 257 g/mol. The molecule has 2 aromatic rings. The van der Waals surface area contributed by atoms with Crippen LogP contribution >= 0.6 is 11.8 Å². The molecular weight excluding hydrogens is 246 g/mol. The standard InChI is InChI=1S/C13H11N3OS/c1-10-2-4-12(5-3-10)18-13(17)9-16-8-11(6-14)7-15-16/h2-5,7-8H,9H2,1H3. The fourth-order valence-corrected chi connectivity index (χ4v) is 2.14. The van der Waals surface area contributed by atoms with Gasteiger partial charge in [0.15, 0.2) is 0 Å². The third-order valence-electron chi connectivity index (χ3n) is 2.31. The van der Waals surface area contributed by atoms with E-state index in [2.05, 4.69) is 5.10 Å². The number of aromatic nitrogens is 2. The zero-order valence-corrected chi connectivity index (χ0v) is 10.6. The average Bonchev–Trinajstić information content (AvgIpc) is 2.79. The first-order chi connectivity index (χ1) is 8.67. The molecule has 0 fully saturated rings. The SMILES string of the molecule is Cc1ccc(SC(=O)Cn2cc(C#N)cn2)cc1. The number of aryl methyl sites for hydroxylation is 1. The Bertz CT molecular complexity index is 595. The molecule has 1 heterocycles. The van der Waals surface area contributed by atoms with Crippen LogP contribution in [0, 0.1) is 18.3 Å². The van der Waals surface area contributed by atoms with Crippen molar-refractivity contribution in [3.63, 3.8) is 0 Å². The predicted octanol–water partition coefficient (Wildman–Crippen LogP) is 2.38. The van der Waals surface area contributed by atoms with E-state index in [4.69, 9.17) is 5.26 Å². The monoisotopic (exact) mass is 257 g/mol. The van der Waals surface area contributed by atoms with Gasteiger partial charge in [0.25, 0.3) is 0 Å². The lowest BCUT2D eigenvalue weighted by Crippen LogP contribution is -2.06. The Morgan fingerprint density at radius 3 is 2.78 bits per heavy atom. The zero-order chi connectivity index (χ0) is 13.0. The predicted molar refractivity (Wildman–Crippen MR) is 69.0 cm³/mol. The summed E-state index contributed by atoms with van der Waals surface area (Å²) < 4.78 is 1.47. The molecule has 0 atom stereocenters. The summed E-state index contributed by atoms with van der Waals surface area (Å²) in [5.74, 6) is 0. The Kier molecular flexibility index (Phi) is 3.80. The van der Waals surface area contributed by atoms with Crippen LogP contribution in [-0.4, -0.2) is 14.9 Å². The molecule has 0 N–H and O–H groups in total. The van der Waals surface area contributed by atoms with Gasteiger partial charge in [-0.05, 0) is 30.8 Å². The molecule has 0 radical (unpaired) electrons. The fraction of sp³-hybridized carbons (Fsp3) is 0.154. The van der Waals surface area contributed by atoms with Gasteiger partial charge in [-0.25, -0.2) is 0 Å². The van der Waals surface area contributed by atoms with Gasteiger partial charge < -0.3 is 0 Å². The smallest absolute Gasteiger partial charge is 0.215 e. The maximum atomic E-state index is 11.8. The molecule has 2 rings (SSSR count). The molecular formula is C13H11N3OS. The molecule has 0 saturated carbocycles. The lowest BCUT2D eigenvalue weighted by Gasteiger charge is -2.01. The molecule has 5 heteroatoms. The second-order valence-corrected chi connectivity index (χ2v) is 4.96. The van der Waals surface area contributed by atoms with Crippen LogP contribution in [0.2, 0.25) is 0 Å². The summed E-state index contributed by atoms with van der Waals surface area (Å²) in [6, 6.07) is 9.75. The molecule has 0 saturated heterocycles. The van der Waals surface area contributed by atoms with Crippen LogP contribution in [0.5, 0.6) is 0 Å². The summed E-state index contributed by atoms with van der Waals surface area (Å²) in [5, 5.41) is 12.6. The molecule has 0 bridgehead atoms. The van der Waals surface area contributed by atoms with Crippen molar-refractivity contribution in [2.75, 3.05) is 0 Å².